The third-order valence-electron chi connectivity index (χ3n) is 3.44. The van der Waals surface area contributed by atoms with Gasteiger partial charge in [0.2, 0.25) is 5.69 Å². The summed E-state index contributed by atoms with van der Waals surface area (Å²) < 4.78 is 2.22. The molecule has 0 spiro atoms. The second-order valence-corrected chi connectivity index (χ2v) is 6.32. The predicted octanol–water partition coefficient (Wildman–Crippen LogP) is 2.76. The summed E-state index contributed by atoms with van der Waals surface area (Å²) in [7, 11) is 0. The van der Waals surface area contributed by atoms with Gasteiger partial charge in [0.1, 0.15) is 6.20 Å². The Balaban J connectivity index is 1.77. The van der Waals surface area contributed by atoms with Gasteiger partial charge in [0, 0.05) is 10.7 Å². The Morgan fingerprint density at radius 3 is 2.89 bits per heavy atom. The first-order valence-corrected chi connectivity index (χ1v) is 8.53. The molecule has 0 unspecified atom stereocenters. The van der Waals surface area contributed by atoms with Gasteiger partial charge in [0.15, 0.2) is 0 Å². The average molecular weight is 429 g/mol. The van der Waals surface area contributed by atoms with E-state index in [9.17, 15) is 14.9 Å². The lowest BCUT2D eigenvalue weighted by molar-refractivity contribution is -0.385. The standard InChI is InChI=1S/C17H13BrN6O3/c18-13-5-3-4-12(8-13)10-23-11-15(24(26)27)16(22-23)17(25)21-20-9-14-6-1-2-7-19-14/h1-9,11H,10H2,(H,21,25)/b20-9+. The maximum absolute atomic E-state index is 12.2. The maximum Gasteiger partial charge on any atom is 0.320 e. The predicted molar refractivity (Wildman–Crippen MR) is 101 cm³/mol. The number of nitrogens with one attached hydrogen (secondary N) is 1. The van der Waals surface area contributed by atoms with E-state index in [0.717, 1.165) is 10.0 Å². The molecule has 1 aromatic carbocycles. The third-order valence-corrected chi connectivity index (χ3v) is 3.93. The largest absolute Gasteiger partial charge is 0.320 e. The van der Waals surface area contributed by atoms with Crippen LogP contribution in [0.1, 0.15) is 21.7 Å². The minimum absolute atomic E-state index is 0.283. The van der Waals surface area contributed by atoms with Gasteiger partial charge in [-0.05, 0) is 29.8 Å². The number of benzene rings is 1. The number of hydrazone groups is 1. The van der Waals surface area contributed by atoms with E-state index in [0.29, 0.717) is 5.69 Å². The topological polar surface area (TPSA) is 115 Å². The Morgan fingerprint density at radius 1 is 1.33 bits per heavy atom. The van der Waals surface area contributed by atoms with Gasteiger partial charge in [-0.1, -0.05) is 34.1 Å². The van der Waals surface area contributed by atoms with Crippen molar-refractivity contribution in [2.45, 2.75) is 6.54 Å². The van der Waals surface area contributed by atoms with E-state index in [1.165, 1.54) is 17.1 Å². The van der Waals surface area contributed by atoms with Crippen LogP contribution in [0.15, 0.2) is 64.4 Å². The molecule has 3 rings (SSSR count). The van der Waals surface area contributed by atoms with E-state index >= 15 is 0 Å². The highest BCUT2D eigenvalue weighted by Gasteiger charge is 2.25. The lowest BCUT2D eigenvalue weighted by atomic mass is 10.2. The summed E-state index contributed by atoms with van der Waals surface area (Å²) in [4.78, 5) is 26.9. The highest BCUT2D eigenvalue weighted by molar-refractivity contribution is 9.10. The number of pyridine rings is 1. The van der Waals surface area contributed by atoms with Gasteiger partial charge < -0.3 is 0 Å². The fraction of sp³-hybridized carbons (Fsp3) is 0.0588. The van der Waals surface area contributed by atoms with E-state index in [1.807, 2.05) is 24.3 Å². The van der Waals surface area contributed by atoms with Crippen LogP contribution in [-0.2, 0) is 6.54 Å². The quantitative estimate of drug-likeness (QED) is 0.368. The van der Waals surface area contributed by atoms with Crippen molar-refractivity contribution in [2.75, 3.05) is 0 Å². The number of carbonyl (C=O) groups is 1. The zero-order valence-electron chi connectivity index (χ0n) is 13.8. The molecular formula is C17H13BrN6O3. The van der Waals surface area contributed by atoms with Gasteiger partial charge in [0.05, 0.1) is 23.4 Å². The molecule has 0 saturated heterocycles. The zero-order chi connectivity index (χ0) is 19.2. The molecule has 0 aliphatic rings. The van der Waals surface area contributed by atoms with Crippen molar-refractivity contribution in [3.05, 3.63) is 86.4 Å². The normalized spacial score (nSPS) is 10.9. The monoisotopic (exact) mass is 428 g/mol. The van der Waals surface area contributed by atoms with Crippen LogP contribution < -0.4 is 5.43 Å². The highest BCUT2D eigenvalue weighted by atomic mass is 79.9. The first-order valence-electron chi connectivity index (χ1n) is 7.73. The fourth-order valence-corrected chi connectivity index (χ4v) is 2.72. The van der Waals surface area contributed by atoms with Gasteiger partial charge in [0.25, 0.3) is 5.91 Å². The molecule has 0 aliphatic heterocycles. The molecule has 0 radical (unpaired) electrons. The van der Waals surface area contributed by atoms with E-state index in [2.05, 4.69) is 36.5 Å². The SMILES string of the molecule is O=C(N/N=C/c1ccccn1)c1nn(Cc2cccc(Br)c2)cc1[N+](=O)[O-]. The molecule has 1 amide bonds. The number of hydrogen-bond donors (Lipinski definition) is 1. The van der Waals surface area contributed by atoms with E-state index < -0.39 is 16.5 Å². The van der Waals surface area contributed by atoms with Crippen LogP contribution in [0.2, 0.25) is 0 Å². The number of amides is 1. The molecule has 1 N–H and O–H groups in total. The Labute approximate surface area is 162 Å². The van der Waals surface area contributed by atoms with E-state index in [-0.39, 0.29) is 12.2 Å². The maximum atomic E-state index is 12.2. The number of nitro groups is 1. The second-order valence-electron chi connectivity index (χ2n) is 5.40. The minimum atomic E-state index is -0.776. The molecule has 3 aromatic rings. The summed E-state index contributed by atoms with van der Waals surface area (Å²) in [6, 6.07) is 12.6. The molecule has 27 heavy (non-hydrogen) atoms. The average Bonchev–Trinajstić information content (AvgIpc) is 3.07. The van der Waals surface area contributed by atoms with Crippen molar-refractivity contribution >= 4 is 33.7 Å². The van der Waals surface area contributed by atoms with Gasteiger partial charge in [-0.2, -0.15) is 10.2 Å². The Kier molecular flexibility index (Phi) is 5.67. The van der Waals surface area contributed by atoms with Crippen LogP contribution in [0.4, 0.5) is 5.69 Å². The molecule has 0 bridgehead atoms. The Hall–Kier alpha value is -3.40. The molecule has 0 aliphatic carbocycles. The van der Waals surface area contributed by atoms with Gasteiger partial charge in [-0.15, -0.1) is 0 Å². The summed E-state index contributed by atoms with van der Waals surface area (Å²) >= 11 is 3.37. The number of nitrogens with zero attached hydrogens (tertiary/aromatic N) is 5. The van der Waals surface area contributed by atoms with Crippen LogP contribution >= 0.6 is 15.9 Å². The van der Waals surface area contributed by atoms with Crippen LogP contribution in [-0.4, -0.2) is 31.8 Å². The smallest absolute Gasteiger partial charge is 0.265 e. The van der Waals surface area contributed by atoms with Crippen molar-refractivity contribution in [1.29, 1.82) is 0 Å². The third kappa shape index (κ3) is 4.82. The fourth-order valence-electron chi connectivity index (χ4n) is 2.27. The summed E-state index contributed by atoms with van der Waals surface area (Å²) in [5.74, 6) is -0.776. The summed E-state index contributed by atoms with van der Waals surface area (Å²) in [5.41, 5.74) is 2.94. The number of halogens is 1. The summed E-state index contributed by atoms with van der Waals surface area (Å²) in [5, 5.41) is 19.1. The van der Waals surface area contributed by atoms with Crippen molar-refractivity contribution in [2.24, 2.45) is 5.10 Å². The van der Waals surface area contributed by atoms with Gasteiger partial charge >= 0.3 is 5.69 Å². The molecule has 10 heteroatoms. The van der Waals surface area contributed by atoms with Gasteiger partial charge in [-0.3, -0.25) is 24.6 Å². The van der Waals surface area contributed by atoms with Crippen LogP contribution in [0.25, 0.3) is 0 Å². The molecule has 0 atom stereocenters. The molecule has 0 saturated carbocycles. The van der Waals surface area contributed by atoms with Crippen molar-refractivity contribution in [3.63, 3.8) is 0 Å². The summed E-state index contributed by atoms with van der Waals surface area (Å²) in [6.07, 6.45) is 4.14. The van der Waals surface area contributed by atoms with Crippen LogP contribution in [0.3, 0.4) is 0 Å². The van der Waals surface area contributed by atoms with Crippen LogP contribution in [0, 0.1) is 10.1 Å². The molecule has 9 nitrogen and oxygen atoms in total. The molecule has 2 heterocycles. The molecule has 136 valence electrons. The lowest BCUT2D eigenvalue weighted by Crippen LogP contribution is -2.20. The number of aromatic nitrogens is 3. The zero-order valence-corrected chi connectivity index (χ0v) is 15.4. The first-order chi connectivity index (χ1) is 13.0. The van der Waals surface area contributed by atoms with Crippen molar-refractivity contribution in [3.8, 4) is 0 Å². The van der Waals surface area contributed by atoms with Crippen molar-refractivity contribution < 1.29 is 9.72 Å². The van der Waals surface area contributed by atoms with Gasteiger partial charge in [-0.25, -0.2) is 5.43 Å². The van der Waals surface area contributed by atoms with E-state index in [4.69, 9.17) is 0 Å². The second kappa shape index (κ2) is 8.32. The Morgan fingerprint density at radius 2 is 2.19 bits per heavy atom. The minimum Gasteiger partial charge on any atom is -0.265 e. The van der Waals surface area contributed by atoms with Crippen molar-refractivity contribution in [1.82, 2.24) is 20.2 Å². The van der Waals surface area contributed by atoms with E-state index in [1.54, 1.807) is 24.4 Å². The highest BCUT2D eigenvalue weighted by Crippen LogP contribution is 2.18. The molecule has 0 fully saturated rings. The van der Waals surface area contributed by atoms with Crippen LogP contribution in [0.5, 0.6) is 0 Å². The summed E-state index contributed by atoms with van der Waals surface area (Å²) in [6.45, 7) is 0.283. The lowest BCUT2D eigenvalue weighted by Gasteiger charge is -2.01. The number of hydrogen-bond acceptors (Lipinski definition) is 6. The number of rotatable bonds is 6. The first kappa shape index (κ1) is 18.4. The Bertz CT molecular complexity index is 1000. The number of carbonyl (C=O) groups excluding carboxylic acids is 1. The molecular weight excluding hydrogens is 416 g/mol. The molecule has 2 aromatic heterocycles.